The molecular weight excluding hydrogens is 302 g/mol. The van der Waals surface area contributed by atoms with E-state index in [4.69, 9.17) is 4.74 Å². The van der Waals surface area contributed by atoms with E-state index in [1.807, 2.05) is 0 Å². The third kappa shape index (κ3) is 4.22. The molecular formula is C16H23NO4S. The van der Waals surface area contributed by atoms with Gasteiger partial charge in [-0.1, -0.05) is 13.3 Å². The Kier molecular flexibility index (Phi) is 5.45. The van der Waals surface area contributed by atoms with E-state index in [1.165, 1.54) is 4.90 Å². The molecule has 1 heterocycles. The Morgan fingerprint density at radius 2 is 2.00 bits per heavy atom. The SMILES string of the molecule is CCCCOc1ccc(C(=O)N(C)C2CCS(=O)(=O)C2)cc1. The normalized spacial score (nSPS) is 19.8. The molecule has 0 radical (unpaired) electrons. The van der Waals surface area contributed by atoms with E-state index < -0.39 is 9.84 Å². The van der Waals surface area contributed by atoms with Crippen LogP contribution in [-0.2, 0) is 9.84 Å². The Balaban J connectivity index is 1.97. The van der Waals surface area contributed by atoms with E-state index in [0.29, 0.717) is 18.6 Å². The van der Waals surface area contributed by atoms with Gasteiger partial charge in [0.2, 0.25) is 0 Å². The number of amides is 1. The molecule has 2 rings (SSSR count). The molecule has 0 bridgehead atoms. The summed E-state index contributed by atoms with van der Waals surface area (Å²) < 4.78 is 28.6. The number of hydrogen-bond acceptors (Lipinski definition) is 4. The summed E-state index contributed by atoms with van der Waals surface area (Å²) in [4.78, 5) is 13.9. The lowest BCUT2D eigenvalue weighted by molar-refractivity contribution is 0.0747. The molecule has 6 heteroatoms. The number of sulfone groups is 1. The van der Waals surface area contributed by atoms with Gasteiger partial charge in [-0.05, 0) is 37.1 Å². The van der Waals surface area contributed by atoms with Gasteiger partial charge >= 0.3 is 0 Å². The first-order valence-corrected chi connectivity index (χ1v) is 9.45. The standard InChI is InChI=1S/C16H23NO4S/c1-3-4-10-21-15-7-5-13(6-8-15)16(18)17(2)14-9-11-22(19,20)12-14/h5-8,14H,3-4,9-12H2,1-2H3. The van der Waals surface area contributed by atoms with Gasteiger partial charge in [-0.15, -0.1) is 0 Å². The highest BCUT2D eigenvalue weighted by molar-refractivity contribution is 7.91. The molecule has 1 aliphatic rings. The first-order valence-electron chi connectivity index (χ1n) is 7.63. The Hall–Kier alpha value is -1.56. The number of unbranched alkanes of at least 4 members (excludes halogenated alkanes) is 1. The molecule has 0 saturated carbocycles. The van der Waals surface area contributed by atoms with Crippen LogP contribution in [0.4, 0.5) is 0 Å². The summed E-state index contributed by atoms with van der Waals surface area (Å²) in [5, 5.41) is 0. The molecule has 5 nitrogen and oxygen atoms in total. The van der Waals surface area contributed by atoms with Crippen LogP contribution in [0.25, 0.3) is 0 Å². The van der Waals surface area contributed by atoms with E-state index in [9.17, 15) is 13.2 Å². The first-order chi connectivity index (χ1) is 10.4. The Morgan fingerprint density at radius 1 is 1.32 bits per heavy atom. The summed E-state index contributed by atoms with van der Waals surface area (Å²) in [6.07, 6.45) is 2.59. The van der Waals surface area contributed by atoms with Gasteiger partial charge in [0, 0.05) is 18.7 Å². The topological polar surface area (TPSA) is 63.7 Å². The fraction of sp³-hybridized carbons (Fsp3) is 0.562. The zero-order chi connectivity index (χ0) is 16.2. The smallest absolute Gasteiger partial charge is 0.253 e. The molecule has 1 fully saturated rings. The zero-order valence-corrected chi connectivity index (χ0v) is 13.9. The fourth-order valence-corrected chi connectivity index (χ4v) is 4.25. The first kappa shape index (κ1) is 16.8. The van der Waals surface area contributed by atoms with E-state index >= 15 is 0 Å². The van der Waals surface area contributed by atoms with Crippen LogP contribution in [0.5, 0.6) is 5.75 Å². The number of nitrogens with zero attached hydrogens (tertiary/aromatic N) is 1. The van der Waals surface area contributed by atoms with Crippen molar-refractivity contribution in [3.8, 4) is 5.75 Å². The second-order valence-corrected chi connectivity index (χ2v) is 7.93. The summed E-state index contributed by atoms with van der Waals surface area (Å²) in [7, 11) is -1.32. The molecule has 0 aromatic heterocycles. The molecule has 1 unspecified atom stereocenters. The van der Waals surface area contributed by atoms with Crippen LogP contribution in [0.15, 0.2) is 24.3 Å². The van der Waals surface area contributed by atoms with E-state index in [2.05, 4.69) is 6.92 Å². The van der Waals surface area contributed by atoms with Crippen molar-refractivity contribution in [3.05, 3.63) is 29.8 Å². The largest absolute Gasteiger partial charge is 0.494 e. The number of carbonyl (C=O) groups is 1. The van der Waals surface area contributed by atoms with Crippen molar-refractivity contribution >= 4 is 15.7 Å². The maximum Gasteiger partial charge on any atom is 0.253 e. The predicted molar refractivity (Wildman–Crippen MR) is 86.0 cm³/mol. The predicted octanol–water partition coefficient (Wildman–Crippen LogP) is 2.12. The van der Waals surface area contributed by atoms with Crippen LogP contribution < -0.4 is 4.74 Å². The van der Waals surface area contributed by atoms with Gasteiger partial charge in [0.05, 0.1) is 18.1 Å². The quantitative estimate of drug-likeness (QED) is 0.752. The number of hydrogen-bond donors (Lipinski definition) is 0. The second-order valence-electron chi connectivity index (χ2n) is 5.70. The molecule has 1 atom stereocenters. The van der Waals surface area contributed by atoms with Crippen molar-refractivity contribution in [2.45, 2.75) is 32.2 Å². The minimum absolute atomic E-state index is 0.0629. The highest BCUT2D eigenvalue weighted by atomic mass is 32.2. The minimum atomic E-state index is -2.99. The van der Waals surface area contributed by atoms with E-state index in [1.54, 1.807) is 31.3 Å². The molecule has 22 heavy (non-hydrogen) atoms. The summed E-state index contributed by atoms with van der Waals surface area (Å²) in [5.41, 5.74) is 0.551. The van der Waals surface area contributed by atoms with Crippen molar-refractivity contribution in [1.29, 1.82) is 0 Å². The molecule has 1 saturated heterocycles. The Bertz CT molecular complexity index is 610. The fourth-order valence-electron chi connectivity index (χ4n) is 2.48. The van der Waals surface area contributed by atoms with Gasteiger partial charge in [0.1, 0.15) is 5.75 Å². The molecule has 1 aliphatic heterocycles. The lowest BCUT2D eigenvalue weighted by Gasteiger charge is -2.23. The number of benzene rings is 1. The van der Waals surface area contributed by atoms with Crippen LogP contribution >= 0.6 is 0 Å². The van der Waals surface area contributed by atoms with Gasteiger partial charge < -0.3 is 9.64 Å². The highest BCUT2D eigenvalue weighted by Crippen LogP contribution is 2.20. The molecule has 1 amide bonds. The number of ether oxygens (including phenoxy) is 1. The summed E-state index contributed by atoms with van der Waals surface area (Å²) >= 11 is 0. The van der Waals surface area contributed by atoms with Crippen molar-refractivity contribution in [3.63, 3.8) is 0 Å². The summed E-state index contributed by atoms with van der Waals surface area (Å²) in [6.45, 7) is 2.77. The molecule has 0 N–H and O–H groups in total. The van der Waals surface area contributed by atoms with Crippen molar-refractivity contribution in [2.75, 3.05) is 25.2 Å². The van der Waals surface area contributed by atoms with Gasteiger partial charge in [-0.3, -0.25) is 4.79 Å². The van der Waals surface area contributed by atoms with Gasteiger partial charge in [-0.25, -0.2) is 8.42 Å². The summed E-state index contributed by atoms with van der Waals surface area (Å²) in [5.74, 6) is 0.825. The van der Waals surface area contributed by atoms with Crippen LogP contribution in [0, 0.1) is 0 Å². The summed E-state index contributed by atoms with van der Waals surface area (Å²) in [6, 6.07) is 6.79. The van der Waals surface area contributed by atoms with Gasteiger partial charge in [0.25, 0.3) is 5.91 Å². The highest BCUT2D eigenvalue weighted by Gasteiger charge is 2.32. The number of rotatable bonds is 6. The third-order valence-electron chi connectivity index (χ3n) is 3.94. The Labute approximate surface area is 132 Å². The molecule has 1 aromatic carbocycles. The average Bonchev–Trinajstić information content (AvgIpc) is 2.87. The maximum atomic E-state index is 12.4. The van der Waals surface area contributed by atoms with Crippen LogP contribution in [0.2, 0.25) is 0 Å². The van der Waals surface area contributed by atoms with Gasteiger partial charge in [0.15, 0.2) is 9.84 Å². The van der Waals surface area contributed by atoms with Crippen LogP contribution in [-0.4, -0.2) is 50.4 Å². The maximum absolute atomic E-state index is 12.4. The van der Waals surface area contributed by atoms with Crippen molar-refractivity contribution in [2.24, 2.45) is 0 Å². The molecule has 0 spiro atoms. The Morgan fingerprint density at radius 3 is 2.55 bits per heavy atom. The zero-order valence-electron chi connectivity index (χ0n) is 13.1. The molecule has 1 aromatic rings. The lowest BCUT2D eigenvalue weighted by atomic mass is 10.1. The number of carbonyl (C=O) groups excluding carboxylic acids is 1. The van der Waals surface area contributed by atoms with Crippen LogP contribution in [0.3, 0.4) is 0 Å². The van der Waals surface area contributed by atoms with Crippen molar-refractivity contribution in [1.82, 2.24) is 4.90 Å². The van der Waals surface area contributed by atoms with Crippen LogP contribution in [0.1, 0.15) is 36.5 Å². The minimum Gasteiger partial charge on any atom is -0.494 e. The second kappa shape index (κ2) is 7.13. The monoisotopic (exact) mass is 325 g/mol. The van der Waals surface area contributed by atoms with Gasteiger partial charge in [-0.2, -0.15) is 0 Å². The third-order valence-corrected chi connectivity index (χ3v) is 5.69. The molecule has 122 valence electrons. The van der Waals surface area contributed by atoms with E-state index in [-0.39, 0.29) is 23.5 Å². The van der Waals surface area contributed by atoms with Crippen molar-refractivity contribution < 1.29 is 17.9 Å². The lowest BCUT2D eigenvalue weighted by Crippen LogP contribution is -2.37. The van der Waals surface area contributed by atoms with E-state index in [0.717, 1.165) is 18.6 Å². The average molecular weight is 325 g/mol. The molecule has 0 aliphatic carbocycles.